The minimum Gasteiger partial charge on any atom is -0.383 e. The number of guanidine groups is 1. The van der Waals surface area contributed by atoms with Crippen LogP contribution in [0.15, 0.2) is 4.99 Å². The van der Waals surface area contributed by atoms with E-state index in [0.29, 0.717) is 25.2 Å². The van der Waals surface area contributed by atoms with E-state index in [-0.39, 0.29) is 6.04 Å². The molecule has 1 aliphatic carbocycles. The van der Waals surface area contributed by atoms with Crippen LogP contribution in [-0.2, 0) is 9.47 Å². The zero-order chi connectivity index (χ0) is 13.4. The highest BCUT2D eigenvalue weighted by molar-refractivity contribution is 5.78. The molecule has 0 amide bonds. The molecule has 0 aromatic heterocycles. The van der Waals surface area contributed by atoms with Gasteiger partial charge in [-0.3, -0.25) is 0 Å². The normalized spacial score (nSPS) is 19.2. The van der Waals surface area contributed by atoms with E-state index in [4.69, 9.17) is 15.2 Å². The Morgan fingerprint density at radius 3 is 2.56 bits per heavy atom. The SMILES string of the molecule is COCCN(C(N)=NC1CCCC1)C(C)COC. The molecule has 5 nitrogen and oxygen atoms in total. The predicted molar refractivity (Wildman–Crippen MR) is 73.8 cm³/mol. The van der Waals surface area contributed by atoms with Gasteiger partial charge < -0.3 is 20.1 Å². The van der Waals surface area contributed by atoms with Gasteiger partial charge >= 0.3 is 0 Å². The summed E-state index contributed by atoms with van der Waals surface area (Å²) in [5.74, 6) is 0.628. The van der Waals surface area contributed by atoms with Gasteiger partial charge in [0.2, 0.25) is 0 Å². The first-order chi connectivity index (χ1) is 8.69. The Balaban J connectivity index is 2.60. The number of ether oxygens (including phenoxy) is 2. The molecule has 18 heavy (non-hydrogen) atoms. The number of nitrogens with zero attached hydrogens (tertiary/aromatic N) is 2. The van der Waals surface area contributed by atoms with Crippen molar-refractivity contribution in [1.29, 1.82) is 0 Å². The summed E-state index contributed by atoms with van der Waals surface area (Å²) >= 11 is 0. The summed E-state index contributed by atoms with van der Waals surface area (Å²) in [7, 11) is 3.40. The maximum atomic E-state index is 6.13. The zero-order valence-electron chi connectivity index (χ0n) is 11.9. The van der Waals surface area contributed by atoms with Crippen LogP contribution in [0.5, 0.6) is 0 Å². The van der Waals surface area contributed by atoms with E-state index in [2.05, 4.69) is 16.8 Å². The van der Waals surface area contributed by atoms with Crippen molar-refractivity contribution < 1.29 is 9.47 Å². The van der Waals surface area contributed by atoms with Crippen LogP contribution in [-0.4, -0.2) is 56.9 Å². The van der Waals surface area contributed by atoms with E-state index in [1.54, 1.807) is 14.2 Å². The molecule has 5 heteroatoms. The first kappa shape index (κ1) is 15.2. The zero-order valence-corrected chi connectivity index (χ0v) is 11.9. The predicted octanol–water partition coefficient (Wildman–Crippen LogP) is 1.23. The number of hydrogen-bond acceptors (Lipinski definition) is 3. The van der Waals surface area contributed by atoms with Gasteiger partial charge in [-0.25, -0.2) is 4.99 Å². The molecule has 1 unspecified atom stereocenters. The van der Waals surface area contributed by atoms with Crippen LogP contribution < -0.4 is 5.73 Å². The highest BCUT2D eigenvalue weighted by Crippen LogP contribution is 2.21. The summed E-state index contributed by atoms with van der Waals surface area (Å²) < 4.78 is 10.3. The molecule has 0 aliphatic heterocycles. The number of methoxy groups -OCH3 is 2. The summed E-state index contributed by atoms with van der Waals surface area (Å²) in [5, 5.41) is 0. The van der Waals surface area contributed by atoms with Gasteiger partial charge in [-0.05, 0) is 19.8 Å². The maximum absolute atomic E-state index is 6.13. The Labute approximate surface area is 110 Å². The lowest BCUT2D eigenvalue weighted by molar-refractivity contribution is 0.112. The van der Waals surface area contributed by atoms with Crippen molar-refractivity contribution in [3.05, 3.63) is 0 Å². The molecule has 0 heterocycles. The molecule has 0 bridgehead atoms. The Kier molecular flexibility index (Phi) is 7.05. The van der Waals surface area contributed by atoms with Crippen LogP contribution in [0.25, 0.3) is 0 Å². The first-order valence-electron chi connectivity index (χ1n) is 6.76. The summed E-state index contributed by atoms with van der Waals surface area (Å²) in [6.45, 7) is 4.14. The molecule has 1 saturated carbocycles. The van der Waals surface area contributed by atoms with Crippen LogP contribution in [0, 0.1) is 0 Å². The summed E-state index contributed by atoms with van der Waals surface area (Å²) in [6, 6.07) is 0.625. The molecule has 1 fully saturated rings. The third-order valence-electron chi connectivity index (χ3n) is 3.41. The second-order valence-electron chi connectivity index (χ2n) is 4.92. The maximum Gasteiger partial charge on any atom is 0.191 e. The topological polar surface area (TPSA) is 60.1 Å². The molecule has 0 spiro atoms. The molecule has 0 saturated heterocycles. The molecular formula is C13H27N3O2. The van der Waals surface area contributed by atoms with Crippen LogP contribution in [0.4, 0.5) is 0 Å². The van der Waals surface area contributed by atoms with Gasteiger partial charge in [-0.15, -0.1) is 0 Å². The fourth-order valence-corrected chi connectivity index (χ4v) is 2.38. The van der Waals surface area contributed by atoms with Gasteiger partial charge in [0.1, 0.15) is 0 Å². The Bertz CT molecular complexity index is 253. The molecule has 0 aromatic rings. The molecule has 0 radical (unpaired) electrons. The molecule has 1 rings (SSSR count). The fraction of sp³-hybridized carbons (Fsp3) is 0.923. The van der Waals surface area contributed by atoms with Crippen molar-refractivity contribution in [3.63, 3.8) is 0 Å². The van der Waals surface area contributed by atoms with E-state index < -0.39 is 0 Å². The molecular weight excluding hydrogens is 230 g/mol. The van der Waals surface area contributed by atoms with Gasteiger partial charge in [-0.2, -0.15) is 0 Å². The van der Waals surface area contributed by atoms with Crippen LogP contribution in [0.2, 0.25) is 0 Å². The number of hydrogen-bond donors (Lipinski definition) is 1. The largest absolute Gasteiger partial charge is 0.383 e. The fourth-order valence-electron chi connectivity index (χ4n) is 2.38. The van der Waals surface area contributed by atoms with E-state index in [1.807, 2.05) is 0 Å². The smallest absolute Gasteiger partial charge is 0.191 e. The second kappa shape index (κ2) is 8.32. The number of nitrogens with two attached hydrogens (primary N) is 1. The first-order valence-corrected chi connectivity index (χ1v) is 6.76. The molecule has 2 N–H and O–H groups in total. The van der Waals surface area contributed by atoms with Crippen molar-refractivity contribution in [3.8, 4) is 0 Å². The van der Waals surface area contributed by atoms with Crippen molar-refractivity contribution in [1.82, 2.24) is 4.90 Å². The van der Waals surface area contributed by atoms with Crippen LogP contribution >= 0.6 is 0 Å². The third-order valence-corrected chi connectivity index (χ3v) is 3.41. The van der Waals surface area contributed by atoms with Crippen LogP contribution in [0.1, 0.15) is 32.6 Å². The van der Waals surface area contributed by atoms with Gasteiger partial charge in [0.25, 0.3) is 0 Å². The van der Waals surface area contributed by atoms with Gasteiger partial charge in [0.15, 0.2) is 5.96 Å². The number of aliphatic imine (C=N–C) groups is 1. The standard InChI is InChI=1S/C13H27N3O2/c1-11(10-18-3)16(8-9-17-2)13(14)15-12-6-4-5-7-12/h11-12H,4-10H2,1-3H3,(H2,14,15). The average molecular weight is 257 g/mol. The van der Waals surface area contributed by atoms with E-state index in [1.165, 1.54) is 12.8 Å². The van der Waals surface area contributed by atoms with E-state index in [0.717, 1.165) is 19.4 Å². The Morgan fingerprint density at radius 2 is 2.00 bits per heavy atom. The minimum absolute atomic E-state index is 0.218. The van der Waals surface area contributed by atoms with E-state index >= 15 is 0 Å². The molecule has 1 aliphatic rings. The highest BCUT2D eigenvalue weighted by Gasteiger charge is 2.19. The summed E-state index contributed by atoms with van der Waals surface area (Å²) in [4.78, 5) is 6.72. The number of rotatable bonds is 7. The summed E-state index contributed by atoms with van der Waals surface area (Å²) in [6.07, 6.45) is 4.87. The molecule has 0 aromatic carbocycles. The lowest BCUT2D eigenvalue weighted by Crippen LogP contribution is -2.47. The highest BCUT2D eigenvalue weighted by atomic mass is 16.5. The quantitative estimate of drug-likeness (QED) is 0.550. The van der Waals surface area contributed by atoms with E-state index in [9.17, 15) is 0 Å². The summed E-state index contributed by atoms with van der Waals surface area (Å²) in [5.41, 5.74) is 6.13. The molecule has 106 valence electrons. The minimum atomic E-state index is 0.218. The Morgan fingerprint density at radius 1 is 1.33 bits per heavy atom. The van der Waals surface area contributed by atoms with Crippen molar-refractivity contribution >= 4 is 5.96 Å². The van der Waals surface area contributed by atoms with Gasteiger partial charge in [0, 0.05) is 20.8 Å². The van der Waals surface area contributed by atoms with Crippen molar-refractivity contribution in [2.24, 2.45) is 10.7 Å². The second-order valence-corrected chi connectivity index (χ2v) is 4.92. The monoisotopic (exact) mass is 257 g/mol. The average Bonchev–Trinajstić information content (AvgIpc) is 2.82. The van der Waals surface area contributed by atoms with Gasteiger partial charge in [0.05, 0.1) is 25.3 Å². The lowest BCUT2D eigenvalue weighted by atomic mass is 10.2. The van der Waals surface area contributed by atoms with Crippen LogP contribution in [0.3, 0.4) is 0 Å². The van der Waals surface area contributed by atoms with Crippen molar-refractivity contribution in [2.45, 2.75) is 44.7 Å². The Hall–Kier alpha value is -0.810. The lowest BCUT2D eigenvalue weighted by Gasteiger charge is -2.30. The third kappa shape index (κ3) is 4.82. The molecule has 1 atom stereocenters. The van der Waals surface area contributed by atoms with Gasteiger partial charge in [-0.1, -0.05) is 12.8 Å². The van der Waals surface area contributed by atoms with Crippen molar-refractivity contribution in [2.75, 3.05) is 34.0 Å².